The number of aromatic nitrogens is 1. The molecule has 0 unspecified atom stereocenters. The van der Waals surface area contributed by atoms with Gasteiger partial charge in [0.05, 0.1) is 16.3 Å². The van der Waals surface area contributed by atoms with Crippen LogP contribution in [0.2, 0.25) is 10.0 Å². The second-order valence-electron chi connectivity index (χ2n) is 6.88. The molecule has 0 aliphatic heterocycles. The molecule has 0 saturated carbocycles. The molecule has 0 aliphatic rings. The molecule has 2 rings (SSSR count). The van der Waals surface area contributed by atoms with Gasteiger partial charge in [0.2, 0.25) is 0 Å². The molecule has 1 aromatic heterocycles. The Balaban J connectivity index is 2.29. The number of halogens is 2. The van der Waals surface area contributed by atoms with E-state index in [4.69, 9.17) is 28.3 Å². The van der Waals surface area contributed by atoms with Gasteiger partial charge in [-0.2, -0.15) is 0 Å². The molecule has 0 saturated heterocycles. The van der Waals surface area contributed by atoms with Gasteiger partial charge in [-0.05, 0) is 50.1 Å². The summed E-state index contributed by atoms with van der Waals surface area (Å²) in [6, 6.07) is 8.56. The highest BCUT2D eigenvalue weighted by Gasteiger charge is 2.18. The minimum atomic E-state index is -0.962. The highest BCUT2D eigenvalue weighted by molar-refractivity contribution is 6.34. The standard InChI is InChI=1S/C21H26Cl2N2O3/c1-4-16(5-2)24(3)13-19-17(22)12-18(23)20(26)25(19)11-10-14-6-8-15(9-7-14)21(27)28/h6-9,12,16H,4-5,10-11,13H2,1-3H3,(H,27,28). The van der Waals surface area contributed by atoms with Crippen LogP contribution in [0.1, 0.15) is 48.3 Å². The molecular weight excluding hydrogens is 399 g/mol. The van der Waals surface area contributed by atoms with E-state index in [-0.39, 0.29) is 16.1 Å². The highest BCUT2D eigenvalue weighted by atomic mass is 35.5. The molecule has 152 valence electrons. The van der Waals surface area contributed by atoms with E-state index in [9.17, 15) is 9.59 Å². The van der Waals surface area contributed by atoms with Gasteiger partial charge in [0, 0.05) is 19.1 Å². The van der Waals surface area contributed by atoms with Gasteiger partial charge in [-0.3, -0.25) is 9.69 Å². The largest absolute Gasteiger partial charge is 0.478 e. The number of pyridine rings is 1. The normalized spacial score (nSPS) is 11.4. The van der Waals surface area contributed by atoms with E-state index in [1.165, 1.54) is 6.07 Å². The Hall–Kier alpha value is -1.82. The molecule has 0 bridgehead atoms. The number of nitrogens with zero attached hydrogens (tertiary/aromatic N) is 2. The molecule has 0 fully saturated rings. The number of carboxylic acid groups (broad SMARTS) is 1. The summed E-state index contributed by atoms with van der Waals surface area (Å²) in [6.45, 7) is 5.25. The topological polar surface area (TPSA) is 62.5 Å². The van der Waals surface area contributed by atoms with E-state index < -0.39 is 5.97 Å². The van der Waals surface area contributed by atoms with Gasteiger partial charge in [0.25, 0.3) is 5.56 Å². The molecule has 28 heavy (non-hydrogen) atoms. The lowest BCUT2D eigenvalue weighted by atomic mass is 10.1. The van der Waals surface area contributed by atoms with Crippen LogP contribution >= 0.6 is 23.2 Å². The van der Waals surface area contributed by atoms with Crippen LogP contribution in [0.5, 0.6) is 0 Å². The highest BCUT2D eigenvalue weighted by Crippen LogP contribution is 2.22. The van der Waals surface area contributed by atoms with E-state index in [2.05, 4.69) is 18.7 Å². The van der Waals surface area contributed by atoms with Crippen molar-refractivity contribution in [1.82, 2.24) is 9.47 Å². The maximum atomic E-state index is 12.7. The quantitative estimate of drug-likeness (QED) is 0.632. The van der Waals surface area contributed by atoms with E-state index in [0.717, 1.165) is 24.1 Å². The minimum Gasteiger partial charge on any atom is -0.478 e. The van der Waals surface area contributed by atoms with E-state index in [1.807, 2.05) is 7.05 Å². The first-order valence-electron chi connectivity index (χ1n) is 9.38. The molecule has 1 aromatic carbocycles. The van der Waals surface area contributed by atoms with E-state index >= 15 is 0 Å². The molecule has 1 heterocycles. The van der Waals surface area contributed by atoms with Gasteiger partial charge in [-0.1, -0.05) is 49.2 Å². The summed E-state index contributed by atoms with van der Waals surface area (Å²) in [5, 5.41) is 9.58. The third kappa shape index (κ3) is 5.37. The smallest absolute Gasteiger partial charge is 0.335 e. The lowest BCUT2D eigenvalue weighted by molar-refractivity contribution is 0.0697. The van der Waals surface area contributed by atoms with Crippen LogP contribution in [0.15, 0.2) is 35.1 Å². The Kier molecular flexibility index (Phi) is 8.10. The van der Waals surface area contributed by atoms with Gasteiger partial charge in [0.15, 0.2) is 0 Å². The monoisotopic (exact) mass is 424 g/mol. The molecule has 0 radical (unpaired) electrons. The summed E-state index contributed by atoms with van der Waals surface area (Å²) >= 11 is 12.5. The number of hydrogen-bond donors (Lipinski definition) is 1. The predicted molar refractivity (Wildman–Crippen MR) is 114 cm³/mol. The maximum absolute atomic E-state index is 12.7. The van der Waals surface area contributed by atoms with Gasteiger partial charge < -0.3 is 9.67 Å². The van der Waals surface area contributed by atoms with Crippen molar-refractivity contribution in [3.63, 3.8) is 0 Å². The number of carbonyl (C=O) groups is 1. The Morgan fingerprint density at radius 2 is 1.75 bits per heavy atom. The lowest BCUT2D eigenvalue weighted by Gasteiger charge is -2.28. The molecule has 0 spiro atoms. The molecule has 0 aliphatic carbocycles. The van der Waals surface area contributed by atoms with Crippen molar-refractivity contribution < 1.29 is 9.90 Å². The van der Waals surface area contributed by atoms with Gasteiger partial charge >= 0.3 is 5.97 Å². The first-order valence-corrected chi connectivity index (χ1v) is 10.1. The van der Waals surface area contributed by atoms with Crippen molar-refractivity contribution >= 4 is 29.2 Å². The zero-order valence-electron chi connectivity index (χ0n) is 16.4. The van der Waals surface area contributed by atoms with Crippen LogP contribution in [0.4, 0.5) is 0 Å². The molecule has 5 nitrogen and oxygen atoms in total. The minimum absolute atomic E-state index is 0.0974. The fraction of sp³-hybridized carbons (Fsp3) is 0.429. The Bertz CT molecular complexity index is 874. The van der Waals surface area contributed by atoms with E-state index in [0.29, 0.717) is 30.6 Å². The number of carboxylic acids is 1. The van der Waals surface area contributed by atoms with Crippen LogP contribution < -0.4 is 5.56 Å². The van der Waals surface area contributed by atoms with Crippen molar-refractivity contribution in [2.75, 3.05) is 7.05 Å². The molecule has 7 heteroatoms. The van der Waals surface area contributed by atoms with Crippen molar-refractivity contribution in [3.8, 4) is 0 Å². The third-order valence-electron chi connectivity index (χ3n) is 5.09. The number of benzene rings is 1. The first kappa shape index (κ1) is 22.5. The van der Waals surface area contributed by atoms with Crippen molar-refractivity contribution in [1.29, 1.82) is 0 Å². The zero-order chi connectivity index (χ0) is 20.8. The third-order valence-corrected chi connectivity index (χ3v) is 5.69. The van der Waals surface area contributed by atoms with Crippen molar-refractivity contribution in [2.45, 2.75) is 52.2 Å². The maximum Gasteiger partial charge on any atom is 0.335 e. The van der Waals surface area contributed by atoms with Crippen molar-refractivity contribution in [2.24, 2.45) is 0 Å². The summed E-state index contributed by atoms with van der Waals surface area (Å²) < 4.78 is 1.63. The average molecular weight is 425 g/mol. The Labute approximate surface area is 175 Å². The summed E-state index contributed by atoms with van der Waals surface area (Å²) in [4.78, 5) is 25.9. The SMILES string of the molecule is CCC(CC)N(C)Cc1c(Cl)cc(Cl)c(=O)n1CCc1ccc(C(=O)O)cc1. The van der Waals surface area contributed by atoms with Crippen LogP contribution in [-0.2, 0) is 19.5 Å². The molecular formula is C21H26Cl2N2O3. The predicted octanol–water partition coefficient (Wildman–Crippen LogP) is 4.72. The molecule has 0 atom stereocenters. The van der Waals surface area contributed by atoms with E-state index in [1.54, 1.807) is 28.8 Å². The molecule has 0 amide bonds. The summed E-state index contributed by atoms with van der Waals surface area (Å²) in [6.07, 6.45) is 2.59. The molecule has 1 N–H and O–H groups in total. The van der Waals surface area contributed by atoms with Crippen LogP contribution in [0.3, 0.4) is 0 Å². The fourth-order valence-electron chi connectivity index (χ4n) is 3.37. The van der Waals surface area contributed by atoms with Crippen LogP contribution in [0, 0.1) is 0 Å². The van der Waals surface area contributed by atoms with Crippen LogP contribution in [0.25, 0.3) is 0 Å². The first-order chi connectivity index (χ1) is 13.3. The number of aromatic carboxylic acids is 1. The fourth-order valence-corrected chi connectivity index (χ4v) is 3.90. The zero-order valence-corrected chi connectivity index (χ0v) is 17.9. The van der Waals surface area contributed by atoms with Crippen molar-refractivity contribution in [3.05, 3.63) is 67.6 Å². The second-order valence-corrected chi connectivity index (χ2v) is 7.70. The second kappa shape index (κ2) is 10.1. The Morgan fingerprint density at radius 3 is 2.29 bits per heavy atom. The van der Waals surface area contributed by atoms with Gasteiger partial charge in [-0.15, -0.1) is 0 Å². The Morgan fingerprint density at radius 1 is 1.14 bits per heavy atom. The lowest BCUT2D eigenvalue weighted by Crippen LogP contribution is -2.34. The number of rotatable bonds is 9. The van der Waals surface area contributed by atoms with Gasteiger partial charge in [-0.25, -0.2) is 4.79 Å². The number of aryl methyl sites for hydroxylation is 1. The molecule has 2 aromatic rings. The van der Waals surface area contributed by atoms with Crippen LogP contribution in [-0.4, -0.2) is 33.6 Å². The average Bonchev–Trinajstić information content (AvgIpc) is 2.67. The summed E-state index contributed by atoms with van der Waals surface area (Å²) in [7, 11) is 2.03. The van der Waals surface area contributed by atoms with Gasteiger partial charge in [0.1, 0.15) is 5.02 Å². The number of hydrogen-bond acceptors (Lipinski definition) is 3. The summed E-state index contributed by atoms with van der Waals surface area (Å²) in [5.41, 5.74) is 1.65. The summed E-state index contributed by atoms with van der Waals surface area (Å²) in [5.74, 6) is -0.962.